The summed E-state index contributed by atoms with van der Waals surface area (Å²) in [6.45, 7) is 2.23. The quantitative estimate of drug-likeness (QED) is 0.387. The first kappa shape index (κ1) is 15.6. The number of allylic oxidation sites excluding steroid dienone is 2. The second-order valence-electron chi connectivity index (χ2n) is 5.52. The molecule has 0 amide bonds. The average Bonchev–Trinajstić information content (AvgIpc) is 3.03. The lowest BCUT2D eigenvalue weighted by Gasteiger charge is -2.08. The van der Waals surface area contributed by atoms with E-state index in [-0.39, 0.29) is 11.9 Å². The molecule has 0 bridgehead atoms. The lowest BCUT2D eigenvalue weighted by Crippen LogP contribution is -2.15. The van der Waals surface area contributed by atoms with E-state index in [0.29, 0.717) is 5.75 Å². The Balaban J connectivity index is 1.75. The Morgan fingerprint density at radius 3 is 2.33 bits per heavy atom. The van der Waals surface area contributed by atoms with Crippen molar-refractivity contribution in [2.45, 2.75) is 45.4 Å². The second kappa shape index (κ2) is 8.46. The molecule has 0 aliphatic heterocycles. The molecule has 0 atom stereocenters. The molecule has 1 aliphatic rings. The van der Waals surface area contributed by atoms with Crippen molar-refractivity contribution in [3.05, 3.63) is 54.1 Å². The van der Waals surface area contributed by atoms with Crippen molar-refractivity contribution in [1.29, 1.82) is 0 Å². The number of benzene rings is 1. The third-order valence-corrected chi connectivity index (χ3v) is 3.73. The lowest BCUT2D eigenvalue weighted by molar-refractivity contribution is -0.135. The predicted molar refractivity (Wildman–Crippen MR) is 86.3 cm³/mol. The smallest absolute Gasteiger partial charge is 0.322 e. The van der Waals surface area contributed by atoms with Crippen LogP contribution in [0.25, 0.3) is 0 Å². The van der Waals surface area contributed by atoms with Gasteiger partial charge in [-0.25, -0.2) is 0 Å². The summed E-state index contributed by atoms with van der Waals surface area (Å²) in [6, 6.07) is 7.90. The number of hydrogen-bond acceptors (Lipinski definition) is 2. The molecule has 0 aromatic heterocycles. The minimum atomic E-state index is -0.233. The third-order valence-electron chi connectivity index (χ3n) is 3.73. The SMILES string of the molecule is CCCCCCCc1ccc(OC(=O)C2C=CC=C2)cc1. The van der Waals surface area contributed by atoms with Crippen molar-refractivity contribution in [3.8, 4) is 5.75 Å². The Labute approximate surface area is 127 Å². The molecule has 2 heteroatoms. The van der Waals surface area contributed by atoms with Crippen LogP contribution >= 0.6 is 0 Å². The highest BCUT2D eigenvalue weighted by Gasteiger charge is 2.16. The maximum Gasteiger partial charge on any atom is 0.322 e. The van der Waals surface area contributed by atoms with Crippen LogP contribution in [0.1, 0.15) is 44.6 Å². The largest absolute Gasteiger partial charge is 0.426 e. The summed E-state index contributed by atoms with van der Waals surface area (Å²) < 4.78 is 5.37. The molecule has 0 N–H and O–H groups in total. The molecular weight excluding hydrogens is 260 g/mol. The predicted octanol–water partition coefficient (Wildman–Crippen LogP) is 4.85. The van der Waals surface area contributed by atoms with E-state index in [0.717, 1.165) is 6.42 Å². The van der Waals surface area contributed by atoms with Crippen LogP contribution in [0, 0.1) is 5.92 Å². The number of rotatable bonds is 8. The van der Waals surface area contributed by atoms with Gasteiger partial charge in [0, 0.05) is 0 Å². The normalized spacial score (nSPS) is 13.8. The molecule has 0 saturated carbocycles. The zero-order valence-electron chi connectivity index (χ0n) is 12.8. The fraction of sp³-hybridized carbons (Fsp3) is 0.421. The van der Waals surface area contributed by atoms with E-state index in [4.69, 9.17) is 4.74 Å². The summed E-state index contributed by atoms with van der Waals surface area (Å²) in [4.78, 5) is 11.8. The Morgan fingerprint density at radius 2 is 1.67 bits per heavy atom. The molecule has 0 heterocycles. The molecule has 1 aromatic rings. The summed E-state index contributed by atoms with van der Waals surface area (Å²) in [5.74, 6) is 0.180. The van der Waals surface area contributed by atoms with Crippen LogP contribution in [0.4, 0.5) is 0 Å². The number of ether oxygens (including phenoxy) is 1. The van der Waals surface area contributed by atoms with Crippen LogP contribution in [0.2, 0.25) is 0 Å². The van der Waals surface area contributed by atoms with E-state index in [9.17, 15) is 4.79 Å². The fourth-order valence-electron chi connectivity index (χ4n) is 2.43. The maximum atomic E-state index is 11.8. The van der Waals surface area contributed by atoms with Crippen LogP contribution in [0.3, 0.4) is 0 Å². The first-order valence-corrected chi connectivity index (χ1v) is 7.95. The molecule has 21 heavy (non-hydrogen) atoms. The van der Waals surface area contributed by atoms with Crippen molar-refractivity contribution in [1.82, 2.24) is 0 Å². The molecule has 0 radical (unpaired) electrons. The van der Waals surface area contributed by atoms with Gasteiger partial charge in [-0.05, 0) is 30.5 Å². The van der Waals surface area contributed by atoms with Crippen LogP contribution in [-0.2, 0) is 11.2 Å². The molecule has 112 valence electrons. The van der Waals surface area contributed by atoms with Crippen molar-refractivity contribution in [2.24, 2.45) is 5.92 Å². The summed E-state index contributed by atoms with van der Waals surface area (Å²) >= 11 is 0. The summed E-state index contributed by atoms with van der Waals surface area (Å²) in [7, 11) is 0. The average molecular weight is 284 g/mol. The number of carbonyl (C=O) groups is 1. The fourth-order valence-corrected chi connectivity index (χ4v) is 2.43. The van der Waals surface area contributed by atoms with E-state index in [1.807, 2.05) is 36.4 Å². The van der Waals surface area contributed by atoms with Crippen LogP contribution < -0.4 is 4.74 Å². The lowest BCUT2D eigenvalue weighted by atomic mass is 10.1. The molecule has 2 nitrogen and oxygen atoms in total. The van der Waals surface area contributed by atoms with E-state index >= 15 is 0 Å². The van der Waals surface area contributed by atoms with Gasteiger partial charge < -0.3 is 4.74 Å². The van der Waals surface area contributed by atoms with Gasteiger partial charge in [0.25, 0.3) is 0 Å². The highest BCUT2D eigenvalue weighted by molar-refractivity contribution is 5.79. The van der Waals surface area contributed by atoms with Gasteiger partial charge in [-0.1, -0.05) is 69.0 Å². The molecule has 1 aliphatic carbocycles. The standard InChI is InChI=1S/C19H24O2/c1-2-3-4-5-6-9-16-12-14-18(15-13-16)21-19(20)17-10-7-8-11-17/h7-8,10-15,17H,2-6,9H2,1H3. The van der Waals surface area contributed by atoms with Crippen LogP contribution in [0.15, 0.2) is 48.6 Å². The van der Waals surface area contributed by atoms with E-state index < -0.39 is 0 Å². The topological polar surface area (TPSA) is 26.3 Å². The number of hydrogen-bond donors (Lipinski definition) is 0. The first-order chi connectivity index (χ1) is 10.3. The summed E-state index contributed by atoms with van der Waals surface area (Å²) in [5.41, 5.74) is 1.31. The third kappa shape index (κ3) is 5.22. The molecule has 0 saturated heterocycles. The summed E-state index contributed by atoms with van der Waals surface area (Å²) in [5, 5.41) is 0. The van der Waals surface area contributed by atoms with Gasteiger partial charge in [-0.2, -0.15) is 0 Å². The van der Waals surface area contributed by atoms with E-state index in [2.05, 4.69) is 19.1 Å². The highest BCUT2D eigenvalue weighted by Crippen LogP contribution is 2.18. The number of unbranched alkanes of at least 4 members (excludes halogenated alkanes) is 4. The van der Waals surface area contributed by atoms with Gasteiger partial charge >= 0.3 is 5.97 Å². The van der Waals surface area contributed by atoms with Gasteiger partial charge in [-0.3, -0.25) is 4.79 Å². The van der Waals surface area contributed by atoms with E-state index in [1.54, 1.807) is 0 Å². The minimum absolute atomic E-state index is 0.215. The first-order valence-electron chi connectivity index (χ1n) is 7.95. The van der Waals surface area contributed by atoms with Crippen molar-refractivity contribution in [3.63, 3.8) is 0 Å². The zero-order valence-corrected chi connectivity index (χ0v) is 12.8. The Morgan fingerprint density at radius 1 is 1.00 bits per heavy atom. The van der Waals surface area contributed by atoms with Crippen molar-refractivity contribution in [2.75, 3.05) is 0 Å². The van der Waals surface area contributed by atoms with Gasteiger partial charge in [0.1, 0.15) is 5.75 Å². The monoisotopic (exact) mass is 284 g/mol. The van der Waals surface area contributed by atoms with E-state index in [1.165, 1.54) is 37.7 Å². The second-order valence-corrected chi connectivity index (χ2v) is 5.52. The van der Waals surface area contributed by atoms with Gasteiger partial charge in [0.15, 0.2) is 0 Å². The molecule has 0 fully saturated rings. The molecular formula is C19H24O2. The van der Waals surface area contributed by atoms with Gasteiger partial charge in [0.05, 0.1) is 5.92 Å². The Bertz CT molecular complexity index is 485. The Hall–Kier alpha value is -1.83. The number of carbonyl (C=O) groups excluding carboxylic acids is 1. The van der Waals surface area contributed by atoms with Crippen LogP contribution in [-0.4, -0.2) is 5.97 Å². The molecule has 0 spiro atoms. The number of esters is 1. The molecule has 2 rings (SSSR count). The maximum absolute atomic E-state index is 11.8. The van der Waals surface area contributed by atoms with Crippen molar-refractivity contribution >= 4 is 5.97 Å². The minimum Gasteiger partial charge on any atom is -0.426 e. The van der Waals surface area contributed by atoms with Crippen LogP contribution in [0.5, 0.6) is 5.75 Å². The van der Waals surface area contributed by atoms with Gasteiger partial charge in [-0.15, -0.1) is 0 Å². The molecule has 0 unspecified atom stereocenters. The highest BCUT2D eigenvalue weighted by atomic mass is 16.5. The number of aryl methyl sites for hydroxylation is 1. The van der Waals surface area contributed by atoms with Crippen molar-refractivity contribution < 1.29 is 9.53 Å². The molecule has 1 aromatic carbocycles. The Kier molecular flexibility index (Phi) is 6.26. The zero-order chi connectivity index (χ0) is 14.9. The van der Waals surface area contributed by atoms with Gasteiger partial charge in [0.2, 0.25) is 0 Å². The summed E-state index contributed by atoms with van der Waals surface area (Å²) in [6.07, 6.45) is 15.0.